The maximum absolute atomic E-state index is 11.8. The highest BCUT2D eigenvalue weighted by Crippen LogP contribution is 2.24. The van der Waals surface area contributed by atoms with Crippen LogP contribution in [0.2, 0.25) is 0 Å². The van der Waals surface area contributed by atoms with Crippen molar-refractivity contribution in [1.29, 1.82) is 0 Å². The highest BCUT2D eigenvalue weighted by Gasteiger charge is 2.24. The molecule has 4 heterocycles. The quantitative estimate of drug-likeness (QED) is 0.408. The number of piperazine rings is 1. The van der Waals surface area contributed by atoms with E-state index < -0.39 is 10.8 Å². The van der Waals surface area contributed by atoms with Gasteiger partial charge in [-0.3, -0.25) is 19.8 Å². The Labute approximate surface area is 181 Å². The van der Waals surface area contributed by atoms with Crippen molar-refractivity contribution in [2.75, 3.05) is 37.6 Å². The second-order valence-corrected chi connectivity index (χ2v) is 8.06. The summed E-state index contributed by atoms with van der Waals surface area (Å²) in [6, 6.07) is 5.10. The van der Waals surface area contributed by atoms with Crippen LogP contribution in [0.1, 0.15) is 22.7 Å². The first kappa shape index (κ1) is 20.9. The van der Waals surface area contributed by atoms with Crippen LogP contribution in [0.15, 0.2) is 34.3 Å². The van der Waals surface area contributed by atoms with E-state index in [-0.39, 0.29) is 11.3 Å². The molecule has 0 saturated carbocycles. The summed E-state index contributed by atoms with van der Waals surface area (Å²) in [5, 5.41) is 16.9. The molecule has 0 unspecified atom stereocenters. The molecule has 0 bridgehead atoms. The zero-order chi connectivity index (χ0) is 21.8. The molecule has 1 amide bonds. The topological polar surface area (TPSA) is 145 Å². The van der Waals surface area contributed by atoms with Gasteiger partial charge in [-0.2, -0.15) is 4.98 Å². The minimum Gasteiger partial charge on any atom is -0.365 e. The molecule has 0 spiro atoms. The standard InChI is InChI=1S/C19H21N7O4S/c20-17(27)14-11-13(26(28)29)12-21-19(14)25-8-6-24(7-9-25)5-1-4-16-22-18(23-30-16)15-3-2-10-31-15/h2-3,10-12H,1,4-9H2,(H2,20,27). The molecule has 0 atom stereocenters. The lowest BCUT2D eigenvalue weighted by Crippen LogP contribution is -2.47. The van der Waals surface area contributed by atoms with Crippen LogP contribution in [0, 0.1) is 10.1 Å². The number of hydrogen-bond donors (Lipinski definition) is 1. The van der Waals surface area contributed by atoms with Gasteiger partial charge in [-0.05, 0) is 24.4 Å². The zero-order valence-electron chi connectivity index (χ0n) is 16.6. The number of primary amides is 1. The Bertz CT molecular complexity index is 1060. The van der Waals surface area contributed by atoms with E-state index in [9.17, 15) is 14.9 Å². The predicted molar refractivity (Wildman–Crippen MR) is 114 cm³/mol. The van der Waals surface area contributed by atoms with Crippen LogP contribution >= 0.6 is 11.3 Å². The summed E-state index contributed by atoms with van der Waals surface area (Å²) < 4.78 is 5.33. The molecule has 0 radical (unpaired) electrons. The van der Waals surface area contributed by atoms with Crippen LogP contribution in [0.3, 0.4) is 0 Å². The van der Waals surface area contributed by atoms with E-state index in [1.165, 1.54) is 6.07 Å². The fourth-order valence-electron chi connectivity index (χ4n) is 3.48. The van der Waals surface area contributed by atoms with Crippen LogP contribution in [0.5, 0.6) is 0 Å². The van der Waals surface area contributed by atoms with Crippen LogP contribution in [0.25, 0.3) is 10.7 Å². The molecule has 1 aliphatic heterocycles. The molecule has 162 valence electrons. The van der Waals surface area contributed by atoms with Crippen molar-refractivity contribution < 1.29 is 14.2 Å². The highest BCUT2D eigenvalue weighted by atomic mass is 32.1. The van der Waals surface area contributed by atoms with Gasteiger partial charge in [0.05, 0.1) is 15.4 Å². The van der Waals surface area contributed by atoms with Gasteiger partial charge in [-0.25, -0.2) is 4.98 Å². The number of anilines is 1. The van der Waals surface area contributed by atoms with Gasteiger partial charge < -0.3 is 15.2 Å². The van der Waals surface area contributed by atoms with E-state index in [2.05, 4.69) is 20.0 Å². The van der Waals surface area contributed by atoms with Gasteiger partial charge in [0.2, 0.25) is 11.7 Å². The summed E-state index contributed by atoms with van der Waals surface area (Å²) in [6.07, 6.45) is 2.74. The fraction of sp³-hybridized carbons (Fsp3) is 0.368. The van der Waals surface area contributed by atoms with Crippen LogP contribution in [0.4, 0.5) is 11.5 Å². The van der Waals surface area contributed by atoms with Crippen LogP contribution in [-0.2, 0) is 6.42 Å². The predicted octanol–water partition coefficient (Wildman–Crippen LogP) is 1.95. The third-order valence-corrected chi connectivity index (χ3v) is 5.94. The van der Waals surface area contributed by atoms with E-state index in [1.807, 2.05) is 22.4 Å². The number of pyridine rings is 1. The lowest BCUT2D eigenvalue weighted by atomic mass is 10.2. The first-order chi connectivity index (χ1) is 15.0. The highest BCUT2D eigenvalue weighted by molar-refractivity contribution is 7.13. The van der Waals surface area contributed by atoms with Gasteiger partial charge in [0.15, 0.2) is 0 Å². The number of nitrogens with two attached hydrogens (primary N) is 1. The lowest BCUT2D eigenvalue weighted by Gasteiger charge is -2.35. The smallest absolute Gasteiger partial charge is 0.288 e. The Morgan fingerprint density at radius 3 is 2.81 bits per heavy atom. The number of nitro groups is 1. The summed E-state index contributed by atoms with van der Waals surface area (Å²) in [5.41, 5.74) is 5.23. The Hall–Kier alpha value is -3.38. The van der Waals surface area contributed by atoms with Crippen molar-refractivity contribution in [2.45, 2.75) is 12.8 Å². The lowest BCUT2D eigenvalue weighted by molar-refractivity contribution is -0.385. The Morgan fingerprint density at radius 2 is 2.13 bits per heavy atom. The fourth-order valence-corrected chi connectivity index (χ4v) is 4.13. The molecule has 4 rings (SSSR count). The summed E-state index contributed by atoms with van der Waals surface area (Å²) in [6.45, 7) is 3.73. The minimum absolute atomic E-state index is 0.0700. The normalized spacial score (nSPS) is 14.6. The zero-order valence-corrected chi connectivity index (χ0v) is 17.5. The molecule has 1 fully saturated rings. The van der Waals surface area contributed by atoms with E-state index in [0.29, 0.717) is 37.0 Å². The minimum atomic E-state index is -0.727. The molecule has 3 aromatic heterocycles. The molecule has 11 nitrogen and oxygen atoms in total. The number of amides is 1. The second-order valence-electron chi connectivity index (χ2n) is 7.11. The molecule has 1 aliphatic rings. The monoisotopic (exact) mass is 443 g/mol. The molecular formula is C19H21N7O4S. The second kappa shape index (κ2) is 9.18. The maximum Gasteiger partial charge on any atom is 0.288 e. The van der Waals surface area contributed by atoms with Gasteiger partial charge in [0.25, 0.3) is 11.6 Å². The number of nitrogens with zero attached hydrogens (tertiary/aromatic N) is 6. The van der Waals surface area contributed by atoms with E-state index >= 15 is 0 Å². The molecule has 0 aliphatic carbocycles. The van der Waals surface area contributed by atoms with E-state index in [4.69, 9.17) is 10.3 Å². The first-order valence-corrected chi connectivity index (χ1v) is 10.7. The third kappa shape index (κ3) is 4.86. The Morgan fingerprint density at radius 1 is 1.32 bits per heavy atom. The van der Waals surface area contributed by atoms with Crippen LogP contribution in [-0.4, -0.2) is 63.6 Å². The van der Waals surface area contributed by atoms with Crippen molar-refractivity contribution in [3.63, 3.8) is 0 Å². The largest absolute Gasteiger partial charge is 0.365 e. The first-order valence-electron chi connectivity index (χ1n) is 9.79. The third-order valence-electron chi connectivity index (χ3n) is 5.07. The van der Waals surface area contributed by atoms with Gasteiger partial charge >= 0.3 is 0 Å². The van der Waals surface area contributed by atoms with Crippen molar-refractivity contribution in [3.8, 4) is 10.7 Å². The average molecular weight is 443 g/mol. The molecule has 2 N–H and O–H groups in total. The molecular weight excluding hydrogens is 422 g/mol. The van der Waals surface area contributed by atoms with Crippen molar-refractivity contribution in [2.24, 2.45) is 5.73 Å². The molecule has 12 heteroatoms. The summed E-state index contributed by atoms with van der Waals surface area (Å²) >= 11 is 1.57. The number of aryl methyl sites for hydroxylation is 1. The number of hydrogen-bond acceptors (Lipinski definition) is 10. The SMILES string of the molecule is NC(=O)c1cc([N+](=O)[O-])cnc1N1CCN(CCCc2nc(-c3cccs3)no2)CC1. The molecule has 1 saturated heterocycles. The van der Waals surface area contributed by atoms with Gasteiger partial charge in [0, 0.05) is 38.7 Å². The molecule has 3 aromatic rings. The van der Waals surface area contributed by atoms with Crippen molar-refractivity contribution in [3.05, 3.63) is 51.3 Å². The van der Waals surface area contributed by atoms with Gasteiger partial charge in [-0.15, -0.1) is 11.3 Å². The van der Waals surface area contributed by atoms with E-state index in [1.54, 1.807) is 11.3 Å². The summed E-state index contributed by atoms with van der Waals surface area (Å²) in [5.74, 6) is 0.919. The number of carbonyl (C=O) groups excluding carboxylic acids is 1. The molecule has 31 heavy (non-hydrogen) atoms. The number of thiophene rings is 1. The summed E-state index contributed by atoms with van der Waals surface area (Å²) in [4.78, 5) is 35.9. The number of carbonyl (C=O) groups is 1. The van der Waals surface area contributed by atoms with Crippen molar-refractivity contribution >= 4 is 28.7 Å². The van der Waals surface area contributed by atoms with Crippen molar-refractivity contribution in [1.82, 2.24) is 20.0 Å². The Balaban J connectivity index is 1.28. The summed E-state index contributed by atoms with van der Waals surface area (Å²) in [7, 11) is 0. The number of rotatable bonds is 8. The van der Waals surface area contributed by atoms with Gasteiger partial charge in [0.1, 0.15) is 12.0 Å². The van der Waals surface area contributed by atoms with Gasteiger partial charge in [-0.1, -0.05) is 11.2 Å². The number of aromatic nitrogens is 3. The van der Waals surface area contributed by atoms with Crippen LogP contribution < -0.4 is 10.6 Å². The maximum atomic E-state index is 11.8. The molecule has 0 aromatic carbocycles. The average Bonchev–Trinajstić information content (AvgIpc) is 3.46. The van der Waals surface area contributed by atoms with E-state index in [0.717, 1.165) is 37.1 Å². The Kier molecular flexibility index (Phi) is 6.18.